The smallest absolute Gasteiger partial charge is 0.0625 e. The van der Waals surface area contributed by atoms with Crippen LogP contribution in [0, 0.1) is 0 Å². The molecule has 19 heavy (non-hydrogen) atoms. The van der Waals surface area contributed by atoms with Crippen LogP contribution in [-0.2, 0) is 20.0 Å². The molecule has 2 rings (SSSR count). The Morgan fingerprint density at radius 2 is 2.21 bits per heavy atom. The standard InChI is InChI=1S/C15H28N4/c1-6-13-8-14(18(5)17-13)10-19-11-15(4,7-2)16-9-12(19)3/h8,12,16H,6-7,9-11H2,1-5H3. The number of nitrogens with zero attached hydrogens (tertiary/aromatic N) is 3. The van der Waals surface area contributed by atoms with Gasteiger partial charge in [-0.15, -0.1) is 0 Å². The second kappa shape index (κ2) is 5.63. The first kappa shape index (κ1) is 14.5. The van der Waals surface area contributed by atoms with E-state index in [0.717, 1.165) is 26.1 Å². The third kappa shape index (κ3) is 3.18. The van der Waals surface area contributed by atoms with Crippen molar-refractivity contribution in [3.63, 3.8) is 0 Å². The van der Waals surface area contributed by atoms with Gasteiger partial charge in [-0.05, 0) is 32.8 Å². The van der Waals surface area contributed by atoms with Crippen molar-refractivity contribution in [3.8, 4) is 0 Å². The highest BCUT2D eigenvalue weighted by Crippen LogP contribution is 2.21. The lowest BCUT2D eigenvalue weighted by Gasteiger charge is -2.44. The van der Waals surface area contributed by atoms with E-state index < -0.39 is 0 Å². The molecule has 0 radical (unpaired) electrons. The minimum Gasteiger partial charge on any atom is -0.309 e. The molecular formula is C15H28N4. The largest absolute Gasteiger partial charge is 0.309 e. The fourth-order valence-electron chi connectivity index (χ4n) is 2.73. The van der Waals surface area contributed by atoms with E-state index in [1.165, 1.54) is 17.8 Å². The normalized spacial score (nSPS) is 28.8. The van der Waals surface area contributed by atoms with Gasteiger partial charge in [-0.2, -0.15) is 5.10 Å². The summed E-state index contributed by atoms with van der Waals surface area (Å²) in [6.07, 6.45) is 2.18. The fraction of sp³-hybridized carbons (Fsp3) is 0.800. The van der Waals surface area contributed by atoms with Gasteiger partial charge in [0, 0.05) is 38.3 Å². The van der Waals surface area contributed by atoms with Crippen molar-refractivity contribution in [1.82, 2.24) is 20.0 Å². The molecule has 2 heterocycles. The van der Waals surface area contributed by atoms with E-state index >= 15 is 0 Å². The Balaban J connectivity index is 2.09. The first-order chi connectivity index (χ1) is 8.97. The van der Waals surface area contributed by atoms with E-state index in [9.17, 15) is 0 Å². The third-order valence-electron chi connectivity index (χ3n) is 4.53. The molecule has 0 spiro atoms. The van der Waals surface area contributed by atoms with Crippen molar-refractivity contribution >= 4 is 0 Å². The summed E-state index contributed by atoms with van der Waals surface area (Å²) in [6, 6.07) is 2.83. The zero-order valence-corrected chi connectivity index (χ0v) is 13.0. The second-order valence-electron chi connectivity index (χ2n) is 6.15. The van der Waals surface area contributed by atoms with Gasteiger partial charge >= 0.3 is 0 Å². The second-order valence-corrected chi connectivity index (χ2v) is 6.15. The molecule has 4 heteroatoms. The van der Waals surface area contributed by atoms with Crippen LogP contribution in [0.15, 0.2) is 6.07 Å². The van der Waals surface area contributed by atoms with Crippen LogP contribution >= 0.6 is 0 Å². The summed E-state index contributed by atoms with van der Waals surface area (Å²) in [4.78, 5) is 2.58. The molecule has 1 fully saturated rings. The highest BCUT2D eigenvalue weighted by Gasteiger charge is 2.32. The summed E-state index contributed by atoms with van der Waals surface area (Å²) < 4.78 is 2.04. The quantitative estimate of drug-likeness (QED) is 0.902. The zero-order valence-electron chi connectivity index (χ0n) is 13.0. The van der Waals surface area contributed by atoms with E-state index in [-0.39, 0.29) is 5.54 Å². The van der Waals surface area contributed by atoms with Crippen LogP contribution in [0.5, 0.6) is 0 Å². The molecule has 2 atom stereocenters. The van der Waals surface area contributed by atoms with Crippen molar-refractivity contribution in [3.05, 3.63) is 17.5 Å². The van der Waals surface area contributed by atoms with Crippen LogP contribution in [0.2, 0.25) is 0 Å². The number of aromatic nitrogens is 2. The number of piperazine rings is 1. The molecular weight excluding hydrogens is 236 g/mol. The molecule has 1 saturated heterocycles. The lowest BCUT2D eigenvalue weighted by Crippen LogP contribution is -2.61. The van der Waals surface area contributed by atoms with Crippen molar-refractivity contribution in [2.24, 2.45) is 7.05 Å². The number of aryl methyl sites for hydroxylation is 2. The van der Waals surface area contributed by atoms with Gasteiger partial charge in [0.2, 0.25) is 0 Å². The first-order valence-corrected chi connectivity index (χ1v) is 7.48. The summed E-state index contributed by atoms with van der Waals surface area (Å²) >= 11 is 0. The van der Waals surface area contributed by atoms with E-state index in [1.54, 1.807) is 0 Å². The molecule has 1 aromatic rings. The fourth-order valence-corrected chi connectivity index (χ4v) is 2.73. The summed E-state index contributed by atoms with van der Waals surface area (Å²) in [6.45, 7) is 12.2. The number of hydrogen-bond donors (Lipinski definition) is 1. The minimum atomic E-state index is 0.249. The van der Waals surface area contributed by atoms with Crippen LogP contribution < -0.4 is 5.32 Å². The molecule has 1 N–H and O–H groups in total. The average Bonchev–Trinajstić information content (AvgIpc) is 2.75. The zero-order chi connectivity index (χ0) is 14.0. The predicted molar refractivity (Wildman–Crippen MR) is 79.2 cm³/mol. The highest BCUT2D eigenvalue weighted by molar-refractivity contribution is 5.11. The summed E-state index contributed by atoms with van der Waals surface area (Å²) in [5.74, 6) is 0. The Morgan fingerprint density at radius 3 is 2.79 bits per heavy atom. The Kier molecular flexibility index (Phi) is 4.31. The Bertz CT molecular complexity index is 426. The van der Waals surface area contributed by atoms with E-state index in [0.29, 0.717) is 6.04 Å². The summed E-state index contributed by atoms with van der Waals surface area (Å²) in [5.41, 5.74) is 2.76. The number of rotatable bonds is 4. The maximum atomic E-state index is 4.55. The molecule has 0 aromatic carbocycles. The highest BCUT2D eigenvalue weighted by atomic mass is 15.3. The van der Waals surface area contributed by atoms with Crippen LogP contribution in [0.25, 0.3) is 0 Å². The Labute approximate surface area is 117 Å². The molecule has 0 saturated carbocycles. The first-order valence-electron chi connectivity index (χ1n) is 7.48. The topological polar surface area (TPSA) is 33.1 Å². The van der Waals surface area contributed by atoms with Crippen LogP contribution in [0.4, 0.5) is 0 Å². The third-order valence-corrected chi connectivity index (χ3v) is 4.53. The lowest BCUT2D eigenvalue weighted by molar-refractivity contribution is 0.0844. The van der Waals surface area contributed by atoms with Gasteiger partial charge in [-0.3, -0.25) is 9.58 Å². The average molecular weight is 264 g/mol. The predicted octanol–water partition coefficient (Wildman–Crippen LogP) is 1.94. The van der Waals surface area contributed by atoms with E-state index in [1.807, 2.05) is 4.68 Å². The molecule has 0 bridgehead atoms. The van der Waals surface area contributed by atoms with Crippen LogP contribution in [0.3, 0.4) is 0 Å². The van der Waals surface area contributed by atoms with Crippen LogP contribution in [-0.4, -0.2) is 39.4 Å². The van der Waals surface area contributed by atoms with E-state index in [2.05, 4.69) is 56.1 Å². The Morgan fingerprint density at radius 1 is 1.47 bits per heavy atom. The van der Waals surface area contributed by atoms with Gasteiger partial charge in [0.25, 0.3) is 0 Å². The molecule has 2 unspecified atom stereocenters. The Hall–Kier alpha value is -0.870. The van der Waals surface area contributed by atoms with Crippen LogP contribution in [0.1, 0.15) is 45.5 Å². The van der Waals surface area contributed by atoms with Gasteiger partial charge in [0.15, 0.2) is 0 Å². The van der Waals surface area contributed by atoms with E-state index in [4.69, 9.17) is 0 Å². The minimum absolute atomic E-state index is 0.249. The number of hydrogen-bond acceptors (Lipinski definition) is 3. The number of nitrogens with one attached hydrogen (secondary N) is 1. The molecule has 1 aliphatic rings. The molecule has 0 aliphatic carbocycles. The maximum absolute atomic E-state index is 4.55. The molecule has 108 valence electrons. The van der Waals surface area contributed by atoms with Crippen molar-refractivity contribution < 1.29 is 0 Å². The molecule has 4 nitrogen and oxygen atoms in total. The molecule has 1 aromatic heterocycles. The van der Waals surface area contributed by atoms with Gasteiger partial charge in [0.1, 0.15) is 0 Å². The van der Waals surface area contributed by atoms with Gasteiger partial charge in [0.05, 0.1) is 11.4 Å². The molecule has 1 aliphatic heterocycles. The van der Waals surface area contributed by atoms with Crippen molar-refractivity contribution in [2.75, 3.05) is 13.1 Å². The monoisotopic (exact) mass is 264 g/mol. The van der Waals surface area contributed by atoms with Gasteiger partial charge in [-0.25, -0.2) is 0 Å². The van der Waals surface area contributed by atoms with Gasteiger partial charge in [-0.1, -0.05) is 13.8 Å². The van der Waals surface area contributed by atoms with Crippen molar-refractivity contribution in [2.45, 2.75) is 58.7 Å². The maximum Gasteiger partial charge on any atom is 0.0625 e. The SMILES string of the molecule is CCc1cc(CN2CC(C)(CC)NCC2C)n(C)n1. The summed E-state index contributed by atoms with van der Waals surface area (Å²) in [5, 5.41) is 8.23. The van der Waals surface area contributed by atoms with Crippen molar-refractivity contribution in [1.29, 1.82) is 0 Å². The molecule has 0 amide bonds. The lowest BCUT2D eigenvalue weighted by atomic mass is 9.93. The van der Waals surface area contributed by atoms with Gasteiger partial charge < -0.3 is 5.32 Å². The summed E-state index contributed by atoms with van der Waals surface area (Å²) in [7, 11) is 2.06.